The predicted molar refractivity (Wildman–Crippen MR) is 112 cm³/mol. The first-order valence-electron chi connectivity index (χ1n) is 8.56. The van der Waals surface area contributed by atoms with Gasteiger partial charge in [-0.2, -0.15) is 5.10 Å². The number of nitrogens with one attached hydrogen (secondary N) is 2. The molecule has 0 saturated heterocycles. The minimum Gasteiger partial charge on any atom is -0.497 e. The summed E-state index contributed by atoms with van der Waals surface area (Å²) in [5.74, 6) is 1.06. The summed E-state index contributed by atoms with van der Waals surface area (Å²) >= 11 is 6.13. The molecule has 1 aromatic heterocycles. The van der Waals surface area contributed by atoms with Gasteiger partial charge in [0, 0.05) is 34.2 Å². The third kappa shape index (κ3) is 4.60. The number of benzene rings is 2. The Balaban J connectivity index is 1.62. The molecule has 6 nitrogen and oxygen atoms in total. The fraction of sp³-hybridized carbons (Fsp3) is 0.200. The summed E-state index contributed by atoms with van der Waals surface area (Å²) in [5, 5.41) is 5.95. The average Bonchev–Trinajstić information content (AvgIpc) is 3.07. The lowest BCUT2D eigenvalue weighted by molar-refractivity contribution is 0.415. The molecule has 4 N–H and O–H groups in total. The standard InChI is InChI=1S/C20H22ClN5O/c1-13-9-16(27-2)10-17-15(11-24-19(13)17)12-25-26-20(22)23-8-7-14-5-3-4-6-18(14)21/h3-6,9-12,24H,7-8H2,1-2H3,(H3,22,23,26)/b25-12+. The highest BCUT2D eigenvalue weighted by molar-refractivity contribution is 6.31. The van der Waals surface area contributed by atoms with E-state index in [0.717, 1.165) is 38.4 Å². The zero-order valence-corrected chi connectivity index (χ0v) is 16.0. The maximum atomic E-state index is 6.13. The smallest absolute Gasteiger partial charge is 0.209 e. The van der Waals surface area contributed by atoms with Crippen LogP contribution in [0.25, 0.3) is 10.9 Å². The van der Waals surface area contributed by atoms with Crippen LogP contribution in [0.15, 0.2) is 52.7 Å². The van der Waals surface area contributed by atoms with Crippen LogP contribution in [-0.2, 0) is 6.42 Å². The molecule has 0 saturated carbocycles. The van der Waals surface area contributed by atoms with Crippen molar-refractivity contribution in [2.24, 2.45) is 15.8 Å². The number of halogens is 1. The van der Waals surface area contributed by atoms with Gasteiger partial charge >= 0.3 is 0 Å². The number of aryl methyl sites for hydroxylation is 1. The Labute approximate surface area is 163 Å². The van der Waals surface area contributed by atoms with Gasteiger partial charge in [-0.15, -0.1) is 0 Å². The first-order chi connectivity index (χ1) is 13.1. The number of ether oxygens (including phenoxy) is 1. The van der Waals surface area contributed by atoms with Gasteiger partial charge in [0.05, 0.1) is 13.3 Å². The Hall–Kier alpha value is -2.99. The van der Waals surface area contributed by atoms with Crippen LogP contribution in [0.3, 0.4) is 0 Å². The normalized spacial score (nSPS) is 12.0. The second kappa shape index (κ2) is 8.60. The number of H-pyrrole nitrogens is 1. The SMILES string of the molecule is COc1cc(C)c2[nH]cc(/C=N/NC(N)=NCCc3ccccc3Cl)c2c1. The summed E-state index contributed by atoms with van der Waals surface area (Å²) in [6, 6.07) is 11.7. The number of hydrogen-bond acceptors (Lipinski definition) is 3. The Bertz CT molecular complexity index is 993. The van der Waals surface area contributed by atoms with Gasteiger partial charge in [-0.3, -0.25) is 4.99 Å². The van der Waals surface area contributed by atoms with E-state index in [1.807, 2.05) is 49.5 Å². The van der Waals surface area contributed by atoms with Crippen LogP contribution in [0.1, 0.15) is 16.7 Å². The molecule has 0 radical (unpaired) electrons. The van der Waals surface area contributed by atoms with Crippen molar-refractivity contribution in [2.45, 2.75) is 13.3 Å². The molecule has 140 valence electrons. The first-order valence-corrected chi connectivity index (χ1v) is 8.94. The number of hydrogen-bond donors (Lipinski definition) is 3. The van der Waals surface area contributed by atoms with Crippen molar-refractivity contribution in [3.05, 3.63) is 64.3 Å². The molecule has 0 bridgehead atoms. The summed E-state index contributed by atoms with van der Waals surface area (Å²) in [4.78, 5) is 7.52. The van der Waals surface area contributed by atoms with E-state index in [0.29, 0.717) is 13.0 Å². The van der Waals surface area contributed by atoms with E-state index in [9.17, 15) is 0 Å². The number of aromatic nitrogens is 1. The fourth-order valence-corrected chi connectivity index (χ4v) is 3.06. The van der Waals surface area contributed by atoms with E-state index in [4.69, 9.17) is 22.1 Å². The molecule has 0 aliphatic carbocycles. The molecule has 3 aromatic rings. The van der Waals surface area contributed by atoms with Crippen LogP contribution in [0, 0.1) is 6.92 Å². The summed E-state index contributed by atoms with van der Waals surface area (Å²) in [6.45, 7) is 2.56. The second-order valence-electron chi connectivity index (χ2n) is 6.09. The lowest BCUT2D eigenvalue weighted by atomic mass is 10.1. The highest BCUT2D eigenvalue weighted by Crippen LogP contribution is 2.26. The van der Waals surface area contributed by atoms with Crippen molar-refractivity contribution in [2.75, 3.05) is 13.7 Å². The number of aliphatic imine (C=N–C) groups is 1. The van der Waals surface area contributed by atoms with Crippen molar-refractivity contribution in [3.63, 3.8) is 0 Å². The maximum absolute atomic E-state index is 6.13. The monoisotopic (exact) mass is 383 g/mol. The summed E-state index contributed by atoms with van der Waals surface area (Å²) in [6.07, 6.45) is 4.31. The number of nitrogens with two attached hydrogens (primary N) is 1. The molecule has 0 fully saturated rings. The van der Waals surface area contributed by atoms with Crippen LogP contribution >= 0.6 is 11.6 Å². The number of guanidine groups is 1. The molecule has 7 heteroatoms. The Morgan fingerprint density at radius 1 is 1.33 bits per heavy atom. The molecule has 0 aliphatic rings. The van der Waals surface area contributed by atoms with Crippen molar-refractivity contribution >= 4 is 34.7 Å². The first kappa shape index (κ1) is 18.8. The van der Waals surface area contributed by atoms with Crippen molar-refractivity contribution in [1.29, 1.82) is 0 Å². The van der Waals surface area contributed by atoms with Crippen molar-refractivity contribution in [1.82, 2.24) is 10.4 Å². The quantitative estimate of drug-likeness (QED) is 0.345. The molecule has 0 amide bonds. The molecule has 0 aliphatic heterocycles. The van der Waals surface area contributed by atoms with E-state index in [2.05, 4.69) is 20.5 Å². The fourth-order valence-electron chi connectivity index (χ4n) is 2.83. The molecule has 3 rings (SSSR count). The van der Waals surface area contributed by atoms with Gasteiger partial charge < -0.3 is 15.5 Å². The lowest BCUT2D eigenvalue weighted by Crippen LogP contribution is -2.27. The van der Waals surface area contributed by atoms with E-state index in [1.54, 1.807) is 13.3 Å². The Kier molecular flexibility index (Phi) is 5.98. The number of nitrogens with zero attached hydrogens (tertiary/aromatic N) is 2. The highest BCUT2D eigenvalue weighted by atomic mass is 35.5. The van der Waals surface area contributed by atoms with Gasteiger partial charge in [0.25, 0.3) is 0 Å². The van der Waals surface area contributed by atoms with Crippen LogP contribution in [0.5, 0.6) is 5.75 Å². The average molecular weight is 384 g/mol. The maximum Gasteiger partial charge on any atom is 0.209 e. The molecular weight excluding hydrogens is 362 g/mol. The number of hydrazone groups is 1. The van der Waals surface area contributed by atoms with Crippen LogP contribution in [0.2, 0.25) is 5.02 Å². The molecule has 1 heterocycles. The molecule has 0 spiro atoms. The van der Waals surface area contributed by atoms with Gasteiger partial charge in [-0.1, -0.05) is 29.8 Å². The summed E-state index contributed by atoms with van der Waals surface area (Å²) < 4.78 is 5.34. The topological polar surface area (TPSA) is 87.8 Å². The Morgan fingerprint density at radius 2 is 2.15 bits per heavy atom. The van der Waals surface area contributed by atoms with Gasteiger partial charge in [0.15, 0.2) is 0 Å². The van der Waals surface area contributed by atoms with Gasteiger partial charge in [-0.05, 0) is 42.7 Å². The van der Waals surface area contributed by atoms with E-state index >= 15 is 0 Å². The van der Waals surface area contributed by atoms with Gasteiger partial charge in [0.1, 0.15) is 5.75 Å². The summed E-state index contributed by atoms with van der Waals surface area (Å²) in [5.41, 5.74) is 12.8. The minimum atomic E-state index is 0.256. The number of rotatable bonds is 6. The number of fused-ring (bicyclic) bond motifs is 1. The zero-order valence-electron chi connectivity index (χ0n) is 15.3. The van der Waals surface area contributed by atoms with E-state index in [1.165, 1.54) is 0 Å². The van der Waals surface area contributed by atoms with E-state index in [-0.39, 0.29) is 5.96 Å². The predicted octanol–water partition coefficient (Wildman–Crippen LogP) is 3.62. The molecule has 2 aromatic carbocycles. The summed E-state index contributed by atoms with van der Waals surface area (Å²) in [7, 11) is 1.66. The zero-order chi connectivity index (χ0) is 19.2. The second-order valence-corrected chi connectivity index (χ2v) is 6.50. The molecule has 27 heavy (non-hydrogen) atoms. The van der Waals surface area contributed by atoms with Gasteiger partial charge in [0.2, 0.25) is 5.96 Å². The largest absolute Gasteiger partial charge is 0.497 e. The highest BCUT2D eigenvalue weighted by Gasteiger charge is 2.06. The Morgan fingerprint density at radius 3 is 2.93 bits per heavy atom. The lowest BCUT2D eigenvalue weighted by Gasteiger charge is -2.03. The number of methoxy groups -OCH3 is 1. The van der Waals surface area contributed by atoms with Crippen molar-refractivity contribution < 1.29 is 4.74 Å². The number of aromatic amines is 1. The molecular formula is C20H22ClN5O. The van der Waals surface area contributed by atoms with E-state index < -0.39 is 0 Å². The third-order valence-electron chi connectivity index (χ3n) is 4.23. The minimum absolute atomic E-state index is 0.256. The van der Waals surface area contributed by atoms with Crippen molar-refractivity contribution in [3.8, 4) is 5.75 Å². The molecule has 0 unspecified atom stereocenters. The van der Waals surface area contributed by atoms with Crippen LogP contribution in [0.4, 0.5) is 0 Å². The van der Waals surface area contributed by atoms with Gasteiger partial charge in [-0.25, -0.2) is 5.43 Å². The molecule has 0 atom stereocenters. The van der Waals surface area contributed by atoms with Crippen LogP contribution < -0.4 is 15.9 Å². The third-order valence-corrected chi connectivity index (χ3v) is 4.60. The van der Waals surface area contributed by atoms with Crippen LogP contribution in [-0.4, -0.2) is 30.8 Å².